The van der Waals surface area contributed by atoms with Crippen LogP contribution in [0.3, 0.4) is 0 Å². The molecule has 0 aliphatic carbocycles. The first kappa shape index (κ1) is 18.1. The van der Waals surface area contributed by atoms with E-state index in [1.165, 1.54) is 0 Å². The monoisotopic (exact) mass is 380 g/mol. The Kier molecular flexibility index (Phi) is 5.01. The highest BCUT2D eigenvalue weighted by Gasteiger charge is 2.21. The lowest BCUT2D eigenvalue weighted by atomic mass is 10.1. The van der Waals surface area contributed by atoms with Crippen LogP contribution in [0.5, 0.6) is 0 Å². The number of alkyl halides is 1. The lowest BCUT2D eigenvalue weighted by molar-refractivity contribution is -0.132. The molecule has 2 aromatic heterocycles. The molecule has 8 heteroatoms. The maximum atomic E-state index is 12.5. The Labute approximate surface area is 162 Å². The zero-order valence-electron chi connectivity index (χ0n) is 15.6. The number of nitrogens with zero attached hydrogens (tertiary/aromatic N) is 5. The van der Waals surface area contributed by atoms with Crippen molar-refractivity contribution in [2.24, 2.45) is 0 Å². The molecule has 3 aromatic rings. The van der Waals surface area contributed by atoms with E-state index in [1.54, 1.807) is 17.3 Å². The molecular weight excluding hydrogens is 359 g/mol. The number of hydrogen-bond donors (Lipinski definition) is 1. The minimum Gasteiger partial charge on any atom is -0.371 e. The number of hydrogen-bond acceptors (Lipinski definition) is 6. The normalized spacial score (nSPS) is 14.4. The standard InChI is InChI=1S/C20H21FN6O/c1-22-20-19-17(23-6-7-24-19)12-16(25-20)14-2-4-15(5-3-14)26-8-10-27(11-9-26)18(28)13-21/h2-7,12H,8-11,13H2,1H3,(H,22,25). The van der Waals surface area contributed by atoms with Gasteiger partial charge in [0.1, 0.15) is 5.52 Å². The van der Waals surface area contributed by atoms with Gasteiger partial charge in [0, 0.05) is 56.9 Å². The third kappa shape index (κ3) is 3.45. The molecule has 0 bridgehead atoms. The second kappa shape index (κ2) is 7.75. The van der Waals surface area contributed by atoms with E-state index < -0.39 is 12.6 Å². The van der Waals surface area contributed by atoms with Crippen LogP contribution in [-0.2, 0) is 4.79 Å². The largest absolute Gasteiger partial charge is 0.371 e. The van der Waals surface area contributed by atoms with Crippen molar-refractivity contribution in [2.75, 3.05) is 50.1 Å². The Hall–Kier alpha value is -3.29. The van der Waals surface area contributed by atoms with Gasteiger partial charge >= 0.3 is 0 Å². The molecule has 0 atom stereocenters. The van der Waals surface area contributed by atoms with Crippen LogP contribution in [0.2, 0.25) is 0 Å². The smallest absolute Gasteiger partial charge is 0.254 e. The molecule has 4 rings (SSSR count). The molecule has 3 heterocycles. The molecule has 28 heavy (non-hydrogen) atoms. The van der Waals surface area contributed by atoms with Crippen LogP contribution in [0, 0.1) is 0 Å². The van der Waals surface area contributed by atoms with Crippen LogP contribution in [0.15, 0.2) is 42.7 Å². The first-order chi connectivity index (χ1) is 13.7. The molecule has 0 saturated carbocycles. The summed E-state index contributed by atoms with van der Waals surface area (Å²) in [6.07, 6.45) is 3.32. The van der Waals surface area contributed by atoms with Crippen molar-refractivity contribution in [3.63, 3.8) is 0 Å². The fourth-order valence-corrected chi connectivity index (χ4v) is 3.44. The fourth-order valence-electron chi connectivity index (χ4n) is 3.44. The van der Waals surface area contributed by atoms with Gasteiger partial charge in [0.25, 0.3) is 5.91 Å². The Morgan fingerprint density at radius 3 is 2.50 bits per heavy atom. The summed E-state index contributed by atoms with van der Waals surface area (Å²) in [4.78, 5) is 28.6. The van der Waals surface area contributed by atoms with Crippen LogP contribution in [0.1, 0.15) is 0 Å². The zero-order chi connectivity index (χ0) is 19.5. The highest BCUT2D eigenvalue weighted by molar-refractivity contribution is 5.88. The predicted octanol–water partition coefficient (Wildman–Crippen LogP) is 2.35. The number of carbonyl (C=O) groups excluding carboxylic acids is 1. The molecule has 1 aromatic carbocycles. The summed E-state index contributed by atoms with van der Waals surface area (Å²) in [5.41, 5.74) is 4.41. The molecule has 0 radical (unpaired) electrons. The van der Waals surface area contributed by atoms with E-state index in [0.29, 0.717) is 32.0 Å². The van der Waals surface area contributed by atoms with E-state index in [-0.39, 0.29) is 0 Å². The minimum atomic E-state index is -0.924. The molecule has 0 unspecified atom stereocenters. The third-order valence-electron chi connectivity index (χ3n) is 4.97. The number of rotatable bonds is 4. The van der Waals surface area contributed by atoms with Crippen molar-refractivity contribution in [1.82, 2.24) is 19.9 Å². The van der Waals surface area contributed by atoms with E-state index in [2.05, 4.69) is 25.2 Å². The van der Waals surface area contributed by atoms with Gasteiger partial charge < -0.3 is 15.1 Å². The van der Waals surface area contributed by atoms with Gasteiger partial charge in [-0.1, -0.05) is 12.1 Å². The molecule has 1 fully saturated rings. The van der Waals surface area contributed by atoms with E-state index in [0.717, 1.165) is 28.0 Å². The summed E-state index contributed by atoms with van der Waals surface area (Å²) < 4.78 is 12.5. The van der Waals surface area contributed by atoms with Crippen LogP contribution < -0.4 is 10.2 Å². The molecule has 7 nitrogen and oxygen atoms in total. The second-order valence-corrected chi connectivity index (χ2v) is 6.58. The van der Waals surface area contributed by atoms with E-state index in [9.17, 15) is 9.18 Å². The van der Waals surface area contributed by atoms with Gasteiger partial charge in [-0.15, -0.1) is 0 Å². The summed E-state index contributed by atoms with van der Waals surface area (Å²) in [7, 11) is 1.82. The quantitative estimate of drug-likeness (QED) is 0.749. The molecular formula is C20H21FN6O. The number of halogens is 1. The van der Waals surface area contributed by atoms with Crippen molar-refractivity contribution >= 4 is 28.4 Å². The van der Waals surface area contributed by atoms with Gasteiger partial charge in [-0.05, 0) is 18.2 Å². The van der Waals surface area contributed by atoms with Gasteiger partial charge in [0.2, 0.25) is 0 Å². The number of piperazine rings is 1. The van der Waals surface area contributed by atoms with Crippen molar-refractivity contribution in [2.45, 2.75) is 0 Å². The van der Waals surface area contributed by atoms with Gasteiger partial charge in [-0.25, -0.2) is 14.4 Å². The van der Waals surface area contributed by atoms with Crippen LogP contribution in [0.4, 0.5) is 15.9 Å². The molecule has 1 aliphatic heterocycles. The van der Waals surface area contributed by atoms with Crippen LogP contribution in [0.25, 0.3) is 22.3 Å². The van der Waals surface area contributed by atoms with Gasteiger partial charge in [-0.3, -0.25) is 9.78 Å². The van der Waals surface area contributed by atoms with Gasteiger partial charge in [0.15, 0.2) is 12.5 Å². The van der Waals surface area contributed by atoms with Crippen LogP contribution in [-0.4, -0.2) is 65.7 Å². The number of nitrogens with one attached hydrogen (secondary N) is 1. The highest BCUT2D eigenvalue weighted by Crippen LogP contribution is 2.27. The maximum absolute atomic E-state index is 12.5. The van der Waals surface area contributed by atoms with Crippen molar-refractivity contribution < 1.29 is 9.18 Å². The molecule has 144 valence electrons. The SMILES string of the molecule is CNc1nc(-c2ccc(N3CCN(C(=O)CF)CC3)cc2)cc2nccnc12. The van der Waals surface area contributed by atoms with Gasteiger partial charge in [0.05, 0.1) is 11.2 Å². The lowest BCUT2D eigenvalue weighted by Crippen LogP contribution is -2.49. The summed E-state index contributed by atoms with van der Waals surface area (Å²) in [5, 5.41) is 3.08. The number of benzene rings is 1. The average molecular weight is 380 g/mol. The minimum absolute atomic E-state index is 0.430. The zero-order valence-corrected chi connectivity index (χ0v) is 15.6. The van der Waals surface area contributed by atoms with E-state index in [1.807, 2.05) is 37.4 Å². The average Bonchev–Trinajstić information content (AvgIpc) is 2.78. The predicted molar refractivity (Wildman–Crippen MR) is 107 cm³/mol. The first-order valence-corrected chi connectivity index (χ1v) is 9.18. The topological polar surface area (TPSA) is 74.2 Å². The Balaban J connectivity index is 1.54. The van der Waals surface area contributed by atoms with Crippen molar-refractivity contribution in [1.29, 1.82) is 0 Å². The summed E-state index contributed by atoms with van der Waals surface area (Å²) in [6.45, 7) is 1.55. The molecule has 1 saturated heterocycles. The molecule has 1 amide bonds. The summed E-state index contributed by atoms with van der Waals surface area (Å²) in [5.74, 6) is 0.263. The number of fused-ring (bicyclic) bond motifs is 1. The van der Waals surface area contributed by atoms with Crippen molar-refractivity contribution in [3.05, 3.63) is 42.7 Å². The number of carbonyl (C=O) groups is 1. The first-order valence-electron chi connectivity index (χ1n) is 9.18. The van der Waals surface area contributed by atoms with Crippen LogP contribution >= 0.6 is 0 Å². The Bertz CT molecular complexity index is 986. The Morgan fingerprint density at radius 2 is 1.82 bits per heavy atom. The fraction of sp³-hybridized carbons (Fsp3) is 0.300. The molecule has 0 spiro atoms. The second-order valence-electron chi connectivity index (χ2n) is 6.58. The number of amides is 1. The lowest BCUT2D eigenvalue weighted by Gasteiger charge is -2.35. The van der Waals surface area contributed by atoms with Crippen molar-refractivity contribution in [3.8, 4) is 11.3 Å². The third-order valence-corrected chi connectivity index (χ3v) is 4.97. The number of aromatic nitrogens is 3. The maximum Gasteiger partial charge on any atom is 0.254 e. The molecule has 1 N–H and O–H groups in total. The van der Waals surface area contributed by atoms with E-state index in [4.69, 9.17) is 0 Å². The highest BCUT2D eigenvalue weighted by atomic mass is 19.1. The summed E-state index contributed by atoms with van der Waals surface area (Å²) >= 11 is 0. The summed E-state index contributed by atoms with van der Waals surface area (Å²) in [6, 6.07) is 10.1. The Morgan fingerprint density at radius 1 is 1.11 bits per heavy atom. The number of pyridine rings is 1. The van der Waals surface area contributed by atoms with E-state index >= 15 is 0 Å². The van der Waals surface area contributed by atoms with Gasteiger partial charge in [-0.2, -0.15) is 0 Å². The number of anilines is 2. The molecule has 1 aliphatic rings.